The van der Waals surface area contributed by atoms with E-state index in [4.69, 9.17) is 4.74 Å². The lowest BCUT2D eigenvalue weighted by Crippen LogP contribution is -2.41. The van der Waals surface area contributed by atoms with E-state index in [0.29, 0.717) is 25.3 Å². The van der Waals surface area contributed by atoms with Crippen LogP contribution in [0.15, 0.2) is 36.0 Å². The maximum atomic E-state index is 14.9. The standard InChI is InChI=1S/C20H27FN4O2/c1-4-8-27-15-6-7-16(17(21)10-15)19-11-22-20(26)25(19)14(5-2)9-18-13(3)23-12-24-18/h6-7,9-10,12,16-17,19H,4-5,8,11H2,1-3H3,(H,22,26)(H,23,24)/b14-9+/t16?,17-,19-/m1/s1. The van der Waals surface area contributed by atoms with E-state index in [1.807, 2.05) is 39.0 Å². The summed E-state index contributed by atoms with van der Waals surface area (Å²) in [5.74, 6) is 0.135. The Balaban J connectivity index is 1.82. The second kappa shape index (κ2) is 8.41. The number of carbonyl (C=O) groups excluding carboxylic acids is 1. The summed E-state index contributed by atoms with van der Waals surface area (Å²) in [5, 5.41) is 2.86. The van der Waals surface area contributed by atoms with E-state index in [0.717, 1.165) is 23.5 Å². The van der Waals surface area contributed by atoms with Gasteiger partial charge >= 0.3 is 6.03 Å². The molecule has 1 fully saturated rings. The molecule has 1 aliphatic carbocycles. The number of imidazole rings is 1. The molecule has 0 radical (unpaired) electrons. The minimum Gasteiger partial charge on any atom is -0.494 e. The third kappa shape index (κ3) is 4.07. The lowest BCUT2D eigenvalue weighted by molar-refractivity contribution is 0.178. The molecule has 1 aromatic rings. The molecule has 2 amide bonds. The Bertz CT molecular complexity index is 768. The van der Waals surface area contributed by atoms with Gasteiger partial charge in [-0.15, -0.1) is 0 Å². The van der Waals surface area contributed by atoms with Crippen LogP contribution < -0.4 is 5.32 Å². The topological polar surface area (TPSA) is 70.2 Å². The molecule has 0 bridgehead atoms. The molecule has 2 N–H and O–H groups in total. The zero-order valence-corrected chi connectivity index (χ0v) is 16.0. The van der Waals surface area contributed by atoms with E-state index in [2.05, 4.69) is 15.3 Å². The quantitative estimate of drug-likeness (QED) is 0.765. The van der Waals surface area contributed by atoms with Gasteiger partial charge in [0.25, 0.3) is 0 Å². The molecule has 1 saturated heterocycles. The third-order valence-corrected chi connectivity index (χ3v) is 4.95. The summed E-state index contributed by atoms with van der Waals surface area (Å²) in [6.07, 6.45) is 8.98. The van der Waals surface area contributed by atoms with Gasteiger partial charge in [-0.05, 0) is 38.0 Å². The molecule has 3 rings (SSSR count). The summed E-state index contributed by atoms with van der Waals surface area (Å²) in [6.45, 7) is 6.89. The van der Waals surface area contributed by atoms with Gasteiger partial charge in [0.1, 0.15) is 11.9 Å². The van der Waals surface area contributed by atoms with E-state index in [-0.39, 0.29) is 12.1 Å². The van der Waals surface area contributed by atoms with Gasteiger partial charge in [0, 0.05) is 23.9 Å². The number of nitrogens with one attached hydrogen (secondary N) is 2. The number of ether oxygens (including phenoxy) is 1. The number of nitrogens with zero attached hydrogens (tertiary/aromatic N) is 2. The lowest BCUT2D eigenvalue weighted by Gasteiger charge is -2.32. The number of halogens is 1. The van der Waals surface area contributed by atoms with E-state index in [1.165, 1.54) is 6.08 Å². The molecule has 1 unspecified atom stereocenters. The number of hydrogen-bond acceptors (Lipinski definition) is 3. The Morgan fingerprint density at radius 2 is 2.30 bits per heavy atom. The predicted molar refractivity (Wildman–Crippen MR) is 102 cm³/mol. The van der Waals surface area contributed by atoms with Gasteiger partial charge in [0.2, 0.25) is 0 Å². The first-order valence-corrected chi connectivity index (χ1v) is 9.49. The van der Waals surface area contributed by atoms with E-state index in [9.17, 15) is 9.18 Å². The average molecular weight is 374 g/mol. The van der Waals surface area contributed by atoms with E-state index >= 15 is 0 Å². The van der Waals surface area contributed by atoms with Crippen LogP contribution in [0.1, 0.15) is 38.1 Å². The van der Waals surface area contributed by atoms with Gasteiger partial charge in [0.05, 0.1) is 24.7 Å². The summed E-state index contributed by atoms with van der Waals surface area (Å²) < 4.78 is 20.4. The van der Waals surface area contributed by atoms with E-state index < -0.39 is 12.1 Å². The molecule has 1 aromatic heterocycles. The third-order valence-electron chi connectivity index (χ3n) is 4.95. The molecule has 7 heteroatoms. The lowest BCUT2D eigenvalue weighted by atomic mass is 9.89. The molecule has 2 heterocycles. The molecule has 1 aliphatic heterocycles. The van der Waals surface area contributed by atoms with Crippen molar-refractivity contribution in [3.63, 3.8) is 0 Å². The molecule has 146 valence electrons. The Morgan fingerprint density at radius 3 is 2.93 bits per heavy atom. The van der Waals surface area contributed by atoms with Gasteiger partial charge in [-0.2, -0.15) is 0 Å². The monoisotopic (exact) mass is 374 g/mol. The van der Waals surface area contributed by atoms with Gasteiger partial charge in [-0.1, -0.05) is 19.9 Å². The first kappa shape index (κ1) is 19.2. The van der Waals surface area contributed by atoms with Crippen LogP contribution in [0.4, 0.5) is 9.18 Å². The molecule has 0 saturated carbocycles. The van der Waals surface area contributed by atoms with Gasteiger partial charge in [-0.3, -0.25) is 4.90 Å². The van der Waals surface area contributed by atoms with Crippen molar-refractivity contribution in [1.82, 2.24) is 20.2 Å². The van der Waals surface area contributed by atoms with Crippen LogP contribution in [0.3, 0.4) is 0 Å². The SMILES string of the molecule is CCCOC1=C[C@@H](F)C([C@H]2CNC(=O)N2/C(=C/c2nc[nH]c2C)CC)C=C1. The fourth-order valence-electron chi connectivity index (χ4n) is 3.48. The van der Waals surface area contributed by atoms with Gasteiger partial charge in [0.15, 0.2) is 0 Å². The number of aromatic amines is 1. The Hall–Kier alpha value is -2.57. The highest BCUT2D eigenvalue weighted by molar-refractivity contribution is 5.80. The van der Waals surface area contributed by atoms with Crippen LogP contribution in [0, 0.1) is 12.8 Å². The van der Waals surface area contributed by atoms with Crippen LogP contribution in [0.25, 0.3) is 6.08 Å². The summed E-state index contributed by atoms with van der Waals surface area (Å²) in [7, 11) is 0. The number of amides is 2. The maximum Gasteiger partial charge on any atom is 0.322 e. The molecule has 3 atom stereocenters. The second-order valence-electron chi connectivity index (χ2n) is 6.82. The first-order chi connectivity index (χ1) is 13.0. The molecular formula is C20H27FN4O2. The fourth-order valence-corrected chi connectivity index (χ4v) is 3.48. The normalized spacial score (nSPS) is 25.6. The molecule has 0 spiro atoms. The van der Waals surface area contributed by atoms with Crippen molar-refractivity contribution in [2.75, 3.05) is 13.2 Å². The van der Waals surface area contributed by atoms with Crippen LogP contribution in [-0.4, -0.2) is 46.3 Å². The highest BCUT2D eigenvalue weighted by atomic mass is 19.1. The van der Waals surface area contributed by atoms with Gasteiger partial charge < -0.3 is 15.0 Å². The largest absolute Gasteiger partial charge is 0.494 e. The fraction of sp³-hybridized carbons (Fsp3) is 0.500. The summed E-state index contributed by atoms with van der Waals surface area (Å²) in [4.78, 5) is 21.5. The number of urea groups is 1. The van der Waals surface area contributed by atoms with Gasteiger partial charge in [-0.25, -0.2) is 14.2 Å². The smallest absolute Gasteiger partial charge is 0.322 e. The van der Waals surface area contributed by atoms with Crippen molar-refractivity contribution in [2.45, 2.75) is 45.8 Å². The molecule has 6 nitrogen and oxygen atoms in total. The Morgan fingerprint density at radius 1 is 1.48 bits per heavy atom. The number of rotatable bonds is 7. The highest BCUT2D eigenvalue weighted by Gasteiger charge is 2.41. The number of hydrogen-bond donors (Lipinski definition) is 2. The minimum absolute atomic E-state index is 0.195. The number of aryl methyl sites for hydroxylation is 1. The zero-order chi connectivity index (χ0) is 19.4. The van der Waals surface area contributed by atoms with Crippen molar-refractivity contribution < 1.29 is 13.9 Å². The van der Waals surface area contributed by atoms with Crippen molar-refractivity contribution in [1.29, 1.82) is 0 Å². The Kier molecular flexibility index (Phi) is 5.98. The van der Waals surface area contributed by atoms with Crippen molar-refractivity contribution >= 4 is 12.1 Å². The Labute approximate surface area is 159 Å². The zero-order valence-electron chi connectivity index (χ0n) is 16.0. The van der Waals surface area contributed by atoms with Crippen molar-refractivity contribution in [2.24, 2.45) is 5.92 Å². The summed E-state index contributed by atoms with van der Waals surface area (Å²) in [6, 6.07) is -0.489. The van der Waals surface area contributed by atoms with Crippen LogP contribution in [0.2, 0.25) is 0 Å². The number of allylic oxidation sites excluding steroid dienone is 3. The average Bonchev–Trinajstić information content (AvgIpc) is 3.23. The number of aromatic nitrogens is 2. The van der Waals surface area contributed by atoms with Crippen LogP contribution >= 0.6 is 0 Å². The second-order valence-corrected chi connectivity index (χ2v) is 6.82. The van der Waals surface area contributed by atoms with Crippen molar-refractivity contribution in [3.05, 3.63) is 47.4 Å². The highest BCUT2D eigenvalue weighted by Crippen LogP contribution is 2.31. The minimum atomic E-state index is -1.20. The maximum absolute atomic E-state index is 14.9. The van der Waals surface area contributed by atoms with Crippen LogP contribution in [-0.2, 0) is 4.74 Å². The van der Waals surface area contributed by atoms with Crippen LogP contribution in [0.5, 0.6) is 0 Å². The molecule has 27 heavy (non-hydrogen) atoms. The number of H-pyrrole nitrogens is 1. The molecular weight excluding hydrogens is 347 g/mol. The van der Waals surface area contributed by atoms with Crippen molar-refractivity contribution in [3.8, 4) is 0 Å². The number of alkyl halides is 1. The van der Waals surface area contributed by atoms with E-state index in [1.54, 1.807) is 11.2 Å². The summed E-state index contributed by atoms with van der Waals surface area (Å²) in [5.41, 5.74) is 2.54. The molecule has 0 aromatic carbocycles. The molecule has 2 aliphatic rings. The number of carbonyl (C=O) groups is 1. The first-order valence-electron chi connectivity index (χ1n) is 9.49. The summed E-state index contributed by atoms with van der Waals surface area (Å²) >= 11 is 0. The predicted octanol–water partition coefficient (Wildman–Crippen LogP) is 3.70.